The minimum Gasteiger partial charge on any atom is -0.399 e. The molecule has 0 heterocycles. The quantitative estimate of drug-likeness (QED) is 0.725. The molecule has 1 unspecified atom stereocenters. The second-order valence-corrected chi connectivity index (χ2v) is 5.73. The summed E-state index contributed by atoms with van der Waals surface area (Å²) in [5.41, 5.74) is 7.25. The Morgan fingerprint density at radius 2 is 1.95 bits per heavy atom. The highest BCUT2D eigenvalue weighted by Crippen LogP contribution is 2.26. The Bertz CT molecular complexity index is 647. The number of benzene rings is 2. The maximum atomic E-state index is 12.1. The summed E-state index contributed by atoms with van der Waals surface area (Å²) < 4.78 is 0.649. The minimum absolute atomic E-state index is 0.0889. The summed E-state index contributed by atoms with van der Waals surface area (Å²) in [6, 6.07) is 11.9. The first-order chi connectivity index (χ1) is 9.99. The van der Waals surface area contributed by atoms with E-state index in [-0.39, 0.29) is 12.5 Å². The number of carbonyl (C=O) groups excluding carboxylic acids is 1. The first-order valence-corrected chi connectivity index (χ1v) is 7.42. The van der Waals surface area contributed by atoms with Crippen LogP contribution >= 0.6 is 27.5 Å². The van der Waals surface area contributed by atoms with Crippen molar-refractivity contribution in [3.63, 3.8) is 0 Å². The zero-order valence-electron chi connectivity index (χ0n) is 11.0. The van der Waals surface area contributed by atoms with E-state index in [1.54, 1.807) is 42.5 Å². The number of carbonyl (C=O) groups is 1. The van der Waals surface area contributed by atoms with Crippen LogP contribution in [0.3, 0.4) is 0 Å². The molecule has 0 radical (unpaired) electrons. The molecule has 110 valence electrons. The number of aliphatic hydroxyl groups is 1. The van der Waals surface area contributed by atoms with Gasteiger partial charge in [0.1, 0.15) is 0 Å². The number of aliphatic hydroxyl groups excluding tert-OH is 1. The van der Waals surface area contributed by atoms with Gasteiger partial charge >= 0.3 is 0 Å². The molecule has 4 nitrogen and oxygen atoms in total. The number of nitrogens with one attached hydrogen (secondary N) is 1. The van der Waals surface area contributed by atoms with Crippen LogP contribution in [0.5, 0.6) is 0 Å². The summed E-state index contributed by atoms with van der Waals surface area (Å²) in [7, 11) is 0. The normalized spacial score (nSPS) is 12.0. The summed E-state index contributed by atoms with van der Waals surface area (Å²) in [6.07, 6.45) is -0.805. The summed E-state index contributed by atoms with van der Waals surface area (Å²) in [4.78, 5) is 12.1. The van der Waals surface area contributed by atoms with Crippen LogP contribution in [0.1, 0.15) is 22.0 Å². The second kappa shape index (κ2) is 6.93. The molecule has 0 spiro atoms. The molecule has 0 bridgehead atoms. The average Bonchev–Trinajstić information content (AvgIpc) is 2.48. The summed E-state index contributed by atoms with van der Waals surface area (Å²) in [5, 5.41) is 13.0. The van der Waals surface area contributed by atoms with Crippen molar-refractivity contribution >= 4 is 39.1 Å². The number of rotatable bonds is 4. The summed E-state index contributed by atoms with van der Waals surface area (Å²) in [5.74, 6) is -0.337. The van der Waals surface area contributed by atoms with Gasteiger partial charge in [0.15, 0.2) is 0 Å². The van der Waals surface area contributed by atoms with Gasteiger partial charge < -0.3 is 16.2 Å². The lowest BCUT2D eigenvalue weighted by Crippen LogP contribution is -2.28. The number of nitrogen functional groups attached to an aromatic ring is 1. The molecule has 0 fully saturated rings. The fourth-order valence-corrected chi connectivity index (χ4v) is 2.38. The predicted molar refractivity (Wildman–Crippen MR) is 87.3 cm³/mol. The van der Waals surface area contributed by atoms with Gasteiger partial charge in [-0.1, -0.05) is 29.8 Å². The Morgan fingerprint density at radius 1 is 1.29 bits per heavy atom. The molecule has 1 amide bonds. The maximum Gasteiger partial charge on any atom is 0.252 e. The van der Waals surface area contributed by atoms with Gasteiger partial charge in [-0.2, -0.15) is 0 Å². The van der Waals surface area contributed by atoms with Crippen LogP contribution < -0.4 is 11.1 Å². The van der Waals surface area contributed by atoms with Crippen molar-refractivity contribution in [3.05, 3.63) is 63.1 Å². The molecule has 2 aromatic rings. The number of anilines is 1. The van der Waals surface area contributed by atoms with Crippen LogP contribution in [0.4, 0.5) is 5.69 Å². The van der Waals surface area contributed by atoms with Crippen LogP contribution in [0.15, 0.2) is 46.9 Å². The third-order valence-electron chi connectivity index (χ3n) is 2.97. The largest absolute Gasteiger partial charge is 0.399 e. The first-order valence-electron chi connectivity index (χ1n) is 6.24. The fraction of sp³-hybridized carbons (Fsp3) is 0.133. The van der Waals surface area contributed by atoms with Gasteiger partial charge in [-0.05, 0) is 45.8 Å². The molecule has 0 saturated heterocycles. The van der Waals surface area contributed by atoms with E-state index in [9.17, 15) is 9.90 Å². The van der Waals surface area contributed by atoms with Crippen molar-refractivity contribution < 1.29 is 9.90 Å². The van der Waals surface area contributed by atoms with Crippen molar-refractivity contribution in [1.82, 2.24) is 5.32 Å². The molecule has 0 aromatic heterocycles. The number of hydrogen-bond acceptors (Lipinski definition) is 3. The van der Waals surface area contributed by atoms with E-state index in [0.29, 0.717) is 26.3 Å². The van der Waals surface area contributed by atoms with Gasteiger partial charge in [-0.3, -0.25) is 4.79 Å². The highest BCUT2D eigenvalue weighted by molar-refractivity contribution is 9.10. The van der Waals surface area contributed by atoms with Crippen molar-refractivity contribution in [2.45, 2.75) is 6.10 Å². The van der Waals surface area contributed by atoms with E-state index < -0.39 is 6.10 Å². The third kappa shape index (κ3) is 3.97. The smallest absolute Gasteiger partial charge is 0.252 e. The lowest BCUT2D eigenvalue weighted by molar-refractivity contribution is 0.0916. The Labute approximate surface area is 136 Å². The van der Waals surface area contributed by atoms with Crippen molar-refractivity contribution in [2.24, 2.45) is 0 Å². The molecule has 2 aromatic carbocycles. The van der Waals surface area contributed by atoms with E-state index in [2.05, 4.69) is 21.2 Å². The van der Waals surface area contributed by atoms with Crippen molar-refractivity contribution in [2.75, 3.05) is 12.3 Å². The van der Waals surface area contributed by atoms with Gasteiger partial charge in [0.05, 0.1) is 16.7 Å². The average molecular weight is 370 g/mol. The van der Waals surface area contributed by atoms with E-state index in [1.165, 1.54) is 0 Å². The van der Waals surface area contributed by atoms with Gasteiger partial charge in [0.25, 0.3) is 5.91 Å². The standard InChI is InChI=1S/C15H14BrClN2O2/c16-12-3-1-2-11(14(12)17)15(21)19-8-13(20)9-4-6-10(18)7-5-9/h1-7,13,20H,8,18H2,(H,19,21). The van der Waals surface area contributed by atoms with E-state index in [1.807, 2.05) is 0 Å². The van der Waals surface area contributed by atoms with Crippen LogP contribution in [0.2, 0.25) is 5.02 Å². The zero-order chi connectivity index (χ0) is 15.4. The van der Waals surface area contributed by atoms with E-state index >= 15 is 0 Å². The lowest BCUT2D eigenvalue weighted by atomic mass is 10.1. The highest BCUT2D eigenvalue weighted by atomic mass is 79.9. The second-order valence-electron chi connectivity index (χ2n) is 4.49. The van der Waals surface area contributed by atoms with Crippen molar-refractivity contribution in [1.29, 1.82) is 0 Å². The SMILES string of the molecule is Nc1ccc(C(O)CNC(=O)c2cccc(Br)c2Cl)cc1. The number of halogens is 2. The Kier molecular flexibility index (Phi) is 5.22. The topological polar surface area (TPSA) is 75.3 Å². The summed E-state index contributed by atoms with van der Waals surface area (Å²) in [6.45, 7) is 0.0889. The molecule has 4 N–H and O–H groups in total. The first kappa shape index (κ1) is 15.8. The van der Waals surface area contributed by atoms with Crippen LogP contribution in [0.25, 0.3) is 0 Å². The van der Waals surface area contributed by atoms with Crippen LogP contribution in [-0.4, -0.2) is 17.6 Å². The molecule has 6 heteroatoms. The molecule has 1 atom stereocenters. The van der Waals surface area contributed by atoms with Gasteiger partial charge in [-0.25, -0.2) is 0 Å². The number of nitrogens with two attached hydrogens (primary N) is 1. The van der Waals surface area contributed by atoms with Gasteiger partial charge in [-0.15, -0.1) is 0 Å². The number of hydrogen-bond donors (Lipinski definition) is 3. The fourth-order valence-electron chi connectivity index (χ4n) is 1.80. The number of amides is 1. The minimum atomic E-state index is -0.805. The highest BCUT2D eigenvalue weighted by Gasteiger charge is 2.14. The monoisotopic (exact) mass is 368 g/mol. The van der Waals surface area contributed by atoms with E-state index in [0.717, 1.165) is 0 Å². The molecule has 21 heavy (non-hydrogen) atoms. The molecule has 0 saturated carbocycles. The molecule has 0 aliphatic heterocycles. The Balaban J connectivity index is 2.00. The van der Waals surface area contributed by atoms with Gasteiger partial charge in [0.2, 0.25) is 0 Å². The van der Waals surface area contributed by atoms with E-state index in [4.69, 9.17) is 17.3 Å². The molecular weight excluding hydrogens is 356 g/mol. The van der Waals surface area contributed by atoms with Crippen LogP contribution in [-0.2, 0) is 0 Å². The molecular formula is C15H14BrClN2O2. The molecule has 0 aliphatic rings. The lowest BCUT2D eigenvalue weighted by Gasteiger charge is -2.13. The van der Waals surface area contributed by atoms with Crippen molar-refractivity contribution in [3.8, 4) is 0 Å². The molecule has 0 aliphatic carbocycles. The molecule has 2 rings (SSSR count). The Morgan fingerprint density at radius 3 is 2.62 bits per heavy atom. The zero-order valence-corrected chi connectivity index (χ0v) is 13.4. The summed E-state index contributed by atoms with van der Waals surface area (Å²) >= 11 is 9.32. The van der Waals surface area contributed by atoms with Crippen LogP contribution in [0, 0.1) is 0 Å². The Hall–Kier alpha value is -1.56. The predicted octanol–water partition coefficient (Wildman–Crippen LogP) is 3.15. The maximum absolute atomic E-state index is 12.1. The van der Waals surface area contributed by atoms with Gasteiger partial charge in [0, 0.05) is 16.7 Å². The third-order valence-corrected chi connectivity index (χ3v) is 4.27.